The molecule has 6 nitrogen and oxygen atoms in total. The number of carbonyl (C=O) groups is 2. The molecule has 0 aromatic rings. The molecule has 0 spiro atoms. The second kappa shape index (κ2) is 60.7. The van der Waals surface area contributed by atoms with Crippen molar-refractivity contribution in [3.63, 3.8) is 0 Å². The fourth-order valence-electron chi connectivity index (χ4n) is 10.9. The van der Waals surface area contributed by atoms with Gasteiger partial charge in [0, 0.05) is 6.42 Å². The third-order valence-electron chi connectivity index (χ3n) is 15.9. The summed E-state index contributed by atoms with van der Waals surface area (Å²) in [4.78, 5) is 26.4. The van der Waals surface area contributed by atoms with Gasteiger partial charge in [0.2, 0.25) is 5.91 Å². The Balaban J connectivity index is 4.45. The minimum atomic E-state index is -0.782. The van der Waals surface area contributed by atoms with Gasteiger partial charge < -0.3 is 20.3 Å². The fourth-order valence-corrected chi connectivity index (χ4v) is 10.9. The first-order chi connectivity index (χ1) is 35.5. The molecule has 3 N–H and O–H groups in total. The maximum Gasteiger partial charge on any atom is 0.306 e. The summed E-state index contributed by atoms with van der Waals surface area (Å²) in [5.41, 5.74) is 0. The number of amides is 1. The molecule has 0 aromatic carbocycles. The first kappa shape index (κ1) is 70.9. The van der Waals surface area contributed by atoms with E-state index < -0.39 is 18.2 Å². The van der Waals surface area contributed by atoms with Crippen LogP contribution in [0.25, 0.3) is 0 Å². The molecule has 0 rings (SSSR count). The van der Waals surface area contributed by atoms with Crippen LogP contribution < -0.4 is 5.32 Å². The van der Waals surface area contributed by atoms with Crippen molar-refractivity contribution in [2.75, 3.05) is 6.61 Å². The van der Waals surface area contributed by atoms with E-state index in [4.69, 9.17) is 4.74 Å². The molecule has 3 atom stereocenters. The summed E-state index contributed by atoms with van der Waals surface area (Å²) in [6, 6.07) is -0.695. The van der Waals surface area contributed by atoms with Crippen LogP contribution in [-0.4, -0.2) is 46.9 Å². The largest absolute Gasteiger partial charge is 0.462 e. The van der Waals surface area contributed by atoms with E-state index in [1.165, 1.54) is 302 Å². The molecule has 0 aliphatic rings. The van der Waals surface area contributed by atoms with Gasteiger partial charge in [-0.05, 0) is 25.7 Å². The van der Waals surface area contributed by atoms with Crippen LogP contribution in [0.1, 0.15) is 387 Å². The number of unbranched alkanes of at least 4 members (excludes halogenated alkanes) is 50. The van der Waals surface area contributed by atoms with Crippen LogP contribution in [0.2, 0.25) is 0 Å². The summed E-state index contributed by atoms with van der Waals surface area (Å²) in [6.45, 7) is 6.57. The zero-order chi connectivity index (χ0) is 52.3. The molecule has 0 heterocycles. The summed E-state index contributed by atoms with van der Waals surface area (Å²) in [6.07, 6.45) is 70.4. The number of aliphatic hydroxyl groups excluding tert-OH is 2. The minimum absolute atomic E-state index is 0.0894. The molecule has 0 aliphatic carbocycles. The van der Waals surface area contributed by atoms with Crippen molar-refractivity contribution in [3.8, 4) is 0 Å². The highest BCUT2D eigenvalue weighted by molar-refractivity contribution is 5.77. The van der Waals surface area contributed by atoms with Gasteiger partial charge >= 0.3 is 5.97 Å². The Bertz CT molecular complexity index is 1050. The molecule has 0 aliphatic heterocycles. The van der Waals surface area contributed by atoms with E-state index in [0.29, 0.717) is 19.3 Å². The molecule has 0 aromatic heterocycles. The highest BCUT2D eigenvalue weighted by Crippen LogP contribution is 2.20. The van der Waals surface area contributed by atoms with Gasteiger partial charge in [0.05, 0.1) is 25.2 Å². The van der Waals surface area contributed by atoms with Crippen molar-refractivity contribution >= 4 is 11.9 Å². The van der Waals surface area contributed by atoms with Crippen LogP contribution in [-0.2, 0) is 14.3 Å². The van der Waals surface area contributed by atoms with E-state index in [2.05, 4.69) is 26.1 Å². The Morgan fingerprint density at radius 2 is 0.583 bits per heavy atom. The van der Waals surface area contributed by atoms with Crippen molar-refractivity contribution in [1.29, 1.82) is 0 Å². The average Bonchev–Trinajstić information content (AvgIpc) is 3.37. The Labute approximate surface area is 451 Å². The monoisotopic (exact) mass is 1020 g/mol. The van der Waals surface area contributed by atoms with Crippen LogP contribution in [0, 0.1) is 0 Å². The first-order valence-electron chi connectivity index (χ1n) is 33.3. The highest BCUT2D eigenvalue weighted by Gasteiger charge is 2.24. The first-order valence-corrected chi connectivity index (χ1v) is 33.3. The molecule has 1 amide bonds. The highest BCUT2D eigenvalue weighted by atomic mass is 16.5. The number of ether oxygens (including phenoxy) is 1. The van der Waals surface area contributed by atoms with E-state index in [1.54, 1.807) is 0 Å². The molecule has 0 saturated heterocycles. The van der Waals surface area contributed by atoms with Gasteiger partial charge in [-0.1, -0.05) is 348 Å². The van der Waals surface area contributed by atoms with Crippen molar-refractivity contribution in [3.05, 3.63) is 0 Å². The van der Waals surface area contributed by atoms with Gasteiger partial charge in [0.25, 0.3) is 0 Å². The fraction of sp³-hybridized carbons (Fsp3) is 0.970. The molecule has 0 saturated carbocycles. The third kappa shape index (κ3) is 55.1. The molecule has 0 bridgehead atoms. The van der Waals surface area contributed by atoms with Crippen molar-refractivity contribution in [2.45, 2.75) is 405 Å². The van der Waals surface area contributed by atoms with Gasteiger partial charge in [-0.15, -0.1) is 0 Å². The Kier molecular flexibility index (Phi) is 59.8. The summed E-state index contributed by atoms with van der Waals surface area (Å²) in [7, 11) is 0. The summed E-state index contributed by atoms with van der Waals surface area (Å²) in [5, 5.41) is 24.0. The lowest BCUT2D eigenvalue weighted by Crippen LogP contribution is -2.46. The molecule has 0 fully saturated rings. The Hall–Kier alpha value is -1.14. The number of hydrogen-bond donors (Lipinski definition) is 3. The second-order valence-corrected chi connectivity index (χ2v) is 23.2. The SMILES string of the molecule is CCCCCCCCCCCCCCCCCCCCCC(=O)OC(CCCCCCCCCCCCCCCCCCC)CC(=O)NC(CO)C(O)CCCCCCCCCCCCCCCCCCC. The van der Waals surface area contributed by atoms with Gasteiger partial charge in [-0.2, -0.15) is 0 Å². The van der Waals surface area contributed by atoms with Gasteiger partial charge in [-0.3, -0.25) is 9.59 Å². The van der Waals surface area contributed by atoms with E-state index in [9.17, 15) is 19.8 Å². The Morgan fingerprint density at radius 3 is 0.847 bits per heavy atom. The number of carbonyl (C=O) groups excluding carboxylic acids is 2. The molecule has 6 heteroatoms. The van der Waals surface area contributed by atoms with Crippen LogP contribution in [0.3, 0.4) is 0 Å². The number of nitrogens with one attached hydrogen (secondary N) is 1. The molecular formula is C66H131NO5. The van der Waals surface area contributed by atoms with E-state index in [0.717, 1.165) is 38.5 Å². The zero-order valence-electron chi connectivity index (χ0n) is 49.4. The van der Waals surface area contributed by atoms with Crippen LogP contribution in [0.5, 0.6) is 0 Å². The maximum atomic E-state index is 13.3. The van der Waals surface area contributed by atoms with Crippen molar-refractivity contribution in [1.82, 2.24) is 5.32 Å². The quantitative estimate of drug-likeness (QED) is 0.0417. The lowest BCUT2D eigenvalue weighted by molar-refractivity contribution is -0.151. The lowest BCUT2D eigenvalue weighted by Gasteiger charge is -2.24. The van der Waals surface area contributed by atoms with Gasteiger partial charge in [0.15, 0.2) is 0 Å². The standard InChI is InChI=1S/C66H131NO5/c1-4-7-10-13-16-19-22-25-28-31-32-35-38-41-44-47-50-53-56-59-66(71)72-62(57-54-51-48-45-42-39-36-33-29-26-23-20-17-14-11-8-5-2)60-65(70)67-63(61-68)64(69)58-55-52-49-46-43-40-37-34-30-27-24-21-18-15-12-9-6-3/h62-64,68-69H,4-61H2,1-3H3,(H,67,70). The second-order valence-electron chi connectivity index (χ2n) is 23.2. The van der Waals surface area contributed by atoms with E-state index in [1.807, 2.05) is 0 Å². The summed E-state index contributed by atoms with van der Waals surface area (Å²) < 4.78 is 6.00. The van der Waals surface area contributed by atoms with Crippen LogP contribution in [0.4, 0.5) is 0 Å². The third-order valence-corrected chi connectivity index (χ3v) is 15.9. The van der Waals surface area contributed by atoms with Crippen LogP contribution >= 0.6 is 0 Å². The topological polar surface area (TPSA) is 95.9 Å². The van der Waals surface area contributed by atoms with Crippen molar-refractivity contribution < 1.29 is 24.5 Å². The predicted octanol–water partition coefficient (Wildman–Crippen LogP) is 21.0. The average molecular weight is 1020 g/mol. The summed E-state index contributed by atoms with van der Waals surface area (Å²) in [5.74, 6) is -0.437. The normalized spacial score (nSPS) is 12.9. The van der Waals surface area contributed by atoms with E-state index >= 15 is 0 Å². The Morgan fingerprint density at radius 1 is 0.347 bits per heavy atom. The van der Waals surface area contributed by atoms with Gasteiger partial charge in [0.1, 0.15) is 6.10 Å². The lowest BCUT2D eigenvalue weighted by atomic mass is 10.0. The maximum absolute atomic E-state index is 13.3. The number of rotatable bonds is 62. The smallest absolute Gasteiger partial charge is 0.306 e. The number of aliphatic hydroxyl groups is 2. The molecule has 430 valence electrons. The molecular weight excluding hydrogens is 887 g/mol. The molecule has 3 unspecified atom stereocenters. The number of esters is 1. The molecule has 72 heavy (non-hydrogen) atoms. The predicted molar refractivity (Wildman–Crippen MR) is 315 cm³/mol. The van der Waals surface area contributed by atoms with Crippen LogP contribution in [0.15, 0.2) is 0 Å². The summed E-state index contributed by atoms with van der Waals surface area (Å²) >= 11 is 0. The zero-order valence-corrected chi connectivity index (χ0v) is 49.4. The minimum Gasteiger partial charge on any atom is -0.462 e. The van der Waals surface area contributed by atoms with Gasteiger partial charge in [-0.25, -0.2) is 0 Å². The number of hydrogen-bond acceptors (Lipinski definition) is 5. The van der Waals surface area contributed by atoms with E-state index in [-0.39, 0.29) is 24.9 Å². The molecule has 0 radical (unpaired) electrons. The van der Waals surface area contributed by atoms with Crippen molar-refractivity contribution in [2.24, 2.45) is 0 Å².